The second-order valence-electron chi connectivity index (χ2n) is 3.61. The van der Waals surface area contributed by atoms with Crippen molar-refractivity contribution in [1.29, 1.82) is 0 Å². The summed E-state index contributed by atoms with van der Waals surface area (Å²) in [5, 5.41) is 0. The van der Waals surface area contributed by atoms with Gasteiger partial charge in [0.15, 0.2) is 0 Å². The van der Waals surface area contributed by atoms with Gasteiger partial charge in [-0.2, -0.15) is 0 Å². The minimum atomic E-state index is 0.748. The van der Waals surface area contributed by atoms with Crippen LogP contribution in [0.2, 0.25) is 0 Å². The molecule has 0 amide bonds. The molecule has 0 aromatic rings. The lowest BCUT2D eigenvalue weighted by Gasteiger charge is -2.23. The molecule has 0 spiro atoms. The molecule has 0 aliphatic carbocycles. The first-order chi connectivity index (χ1) is 4.59. The number of rotatable bonds is 4. The molecule has 0 radical (unpaired) electrons. The largest absolute Gasteiger partial charge is 0.428 e. The third-order valence-electron chi connectivity index (χ3n) is 2.07. The van der Waals surface area contributed by atoms with Crippen molar-refractivity contribution in [2.75, 3.05) is 6.61 Å². The van der Waals surface area contributed by atoms with Crippen LogP contribution in [0.3, 0.4) is 0 Å². The Labute approximate surface area is 67.7 Å². The highest BCUT2D eigenvalue weighted by atomic mass is 28.2. The Morgan fingerprint density at radius 3 is 1.60 bits per heavy atom. The van der Waals surface area contributed by atoms with E-state index in [2.05, 4.69) is 27.7 Å². The van der Waals surface area contributed by atoms with E-state index in [9.17, 15) is 0 Å². The quantitative estimate of drug-likeness (QED) is 0.562. The molecule has 0 bridgehead atoms. The average molecular weight is 160 g/mol. The lowest BCUT2D eigenvalue weighted by atomic mass is 9.86. The smallest absolute Gasteiger partial charge is 0.145 e. The van der Waals surface area contributed by atoms with Gasteiger partial charge in [-0.05, 0) is 17.8 Å². The van der Waals surface area contributed by atoms with Crippen molar-refractivity contribution >= 4 is 10.5 Å². The van der Waals surface area contributed by atoms with Gasteiger partial charge < -0.3 is 4.43 Å². The van der Waals surface area contributed by atoms with Gasteiger partial charge in [-0.15, -0.1) is 0 Å². The highest BCUT2D eigenvalue weighted by Gasteiger charge is 2.15. The highest BCUT2D eigenvalue weighted by molar-refractivity contribution is 5.97. The monoisotopic (exact) mass is 160 g/mol. The zero-order valence-corrected chi connectivity index (χ0v) is 9.85. The predicted octanol–water partition coefficient (Wildman–Crippen LogP) is 1.21. The van der Waals surface area contributed by atoms with Gasteiger partial charge in [-0.3, -0.25) is 0 Å². The van der Waals surface area contributed by atoms with Gasteiger partial charge in [0.05, 0.1) is 0 Å². The van der Waals surface area contributed by atoms with Gasteiger partial charge in [-0.25, -0.2) is 0 Å². The highest BCUT2D eigenvalue weighted by Crippen LogP contribution is 2.19. The van der Waals surface area contributed by atoms with Crippen molar-refractivity contribution in [3.05, 3.63) is 0 Å². The van der Waals surface area contributed by atoms with E-state index in [1.54, 1.807) is 0 Å². The van der Waals surface area contributed by atoms with Gasteiger partial charge >= 0.3 is 0 Å². The summed E-state index contributed by atoms with van der Waals surface area (Å²) in [7, 11) is 0.878. The predicted molar refractivity (Wildman–Crippen MR) is 49.1 cm³/mol. The zero-order chi connectivity index (χ0) is 8.15. The van der Waals surface area contributed by atoms with Crippen molar-refractivity contribution in [2.45, 2.75) is 27.7 Å². The zero-order valence-electron chi connectivity index (χ0n) is 7.85. The van der Waals surface area contributed by atoms with Gasteiger partial charge in [0, 0.05) is 6.61 Å². The van der Waals surface area contributed by atoms with Gasteiger partial charge in [0.1, 0.15) is 10.5 Å². The first-order valence-electron chi connectivity index (χ1n) is 4.08. The Kier molecular flexibility index (Phi) is 5.00. The van der Waals surface area contributed by atoms with Crippen LogP contribution in [0.15, 0.2) is 0 Å². The SMILES string of the molecule is CC(C)C(CO[SiH3])C(C)C. The van der Waals surface area contributed by atoms with Crippen molar-refractivity contribution in [3.8, 4) is 0 Å². The van der Waals surface area contributed by atoms with E-state index in [-0.39, 0.29) is 0 Å². The maximum absolute atomic E-state index is 5.27. The summed E-state index contributed by atoms with van der Waals surface area (Å²) in [6.45, 7) is 10.0. The molecule has 0 fully saturated rings. The molecule has 2 heteroatoms. The molecule has 10 heavy (non-hydrogen) atoms. The molecule has 62 valence electrons. The Morgan fingerprint density at radius 1 is 1.10 bits per heavy atom. The minimum Gasteiger partial charge on any atom is -0.428 e. The molecule has 0 aliphatic heterocycles. The number of hydrogen-bond donors (Lipinski definition) is 0. The van der Waals surface area contributed by atoms with E-state index in [1.807, 2.05) is 0 Å². The second-order valence-corrected chi connectivity index (χ2v) is 4.18. The van der Waals surface area contributed by atoms with E-state index in [4.69, 9.17) is 4.43 Å². The van der Waals surface area contributed by atoms with E-state index in [1.165, 1.54) is 0 Å². The third kappa shape index (κ3) is 3.37. The van der Waals surface area contributed by atoms with Crippen LogP contribution < -0.4 is 0 Å². The molecule has 0 aromatic heterocycles. The fourth-order valence-corrected chi connectivity index (χ4v) is 1.73. The average Bonchev–Trinajstić information content (AvgIpc) is 1.81. The summed E-state index contributed by atoms with van der Waals surface area (Å²) in [5.74, 6) is 2.26. The molecule has 0 atom stereocenters. The molecule has 0 saturated carbocycles. The molecule has 0 aliphatic rings. The normalized spacial score (nSPS) is 12.3. The Morgan fingerprint density at radius 2 is 1.50 bits per heavy atom. The third-order valence-corrected chi connectivity index (χ3v) is 2.41. The van der Waals surface area contributed by atoms with Crippen LogP contribution in [0.5, 0.6) is 0 Å². The Bertz CT molecular complexity index is 73.3. The maximum atomic E-state index is 5.27. The van der Waals surface area contributed by atoms with E-state index < -0.39 is 0 Å². The van der Waals surface area contributed by atoms with Crippen LogP contribution in [0, 0.1) is 17.8 Å². The molecule has 0 saturated heterocycles. The van der Waals surface area contributed by atoms with Crippen molar-refractivity contribution in [1.82, 2.24) is 0 Å². The van der Waals surface area contributed by atoms with Crippen LogP contribution in [-0.2, 0) is 4.43 Å². The Balaban J connectivity index is 3.73. The lowest BCUT2D eigenvalue weighted by molar-refractivity contribution is 0.176. The first-order valence-corrected chi connectivity index (χ1v) is 4.90. The Hall–Kier alpha value is 0.177. The summed E-state index contributed by atoms with van der Waals surface area (Å²) in [6, 6.07) is 0. The summed E-state index contributed by atoms with van der Waals surface area (Å²) in [5.41, 5.74) is 0. The van der Waals surface area contributed by atoms with Crippen LogP contribution in [-0.4, -0.2) is 17.1 Å². The number of hydrogen-bond acceptors (Lipinski definition) is 1. The molecule has 0 unspecified atom stereocenters. The van der Waals surface area contributed by atoms with Crippen molar-refractivity contribution in [2.24, 2.45) is 17.8 Å². The molecule has 0 rings (SSSR count). The van der Waals surface area contributed by atoms with Crippen LogP contribution in [0.25, 0.3) is 0 Å². The molecular weight excluding hydrogens is 140 g/mol. The molecule has 1 nitrogen and oxygen atoms in total. The summed E-state index contributed by atoms with van der Waals surface area (Å²) < 4.78 is 5.27. The molecular formula is C8H20OSi. The fraction of sp³-hybridized carbons (Fsp3) is 1.00. The summed E-state index contributed by atoms with van der Waals surface area (Å²) >= 11 is 0. The van der Waals surface area contributed by atoms with Crippen LogP contribution >= 0.6 is 0 Å². The topological polar surface area (TPSA) is 9.23 Å². The van der Waals surface area contributed by atoms with Crippen LogP contribution in [0.1, 0.15) is 27.7 Å². The van der Waals surface area contributed by atoms with E-state index in [0.717, 1.165) is 34.8 Å². The fourth-order valence-electron chi connectivity index (χ4n) is 1.35. The van der Waals surface area contributed by atoms with Gasteiger partial charge in [0.2, 0.25) is 0 Å². The van der Waals surface area contributed by atoms with E-state index in [0.29, 0.717) is 0 Å². The van der Waals surface area contributed by atoms with Crippen molar-refractivity contribution in [3.63, 3.8) is 0 Å². The molecule has 0 aromatic carbocycles. The van der Waals surface area contributed by atoms with Crippen LogP contribution in [0.4, 0.5) is 0 Å². The minimum absolute atomic E-state index is 0.748. The first kappa shape index (κ1) is 10.2. The molecule has 0 heterocycles. The molecule has 0 N–H and O–H groups in total. The lowest BCUT2D eigenvalue weighted by Crippen LogP contribution is -2.20. The maximum Gasteiger partial charge on any atom is 0.145 e. The standard InChI is InChI=1S/C8H20OSi/c1-6(2)8(5-9-10)7(3)4/h6-8H,5H2,1-4,10H3. The van der Waals surface area contributed by atoms with Gasteiger partial charge in [-0.1, -0.05) is 27.7 Å². The van der Waals surface area contributed by atoms with Gasteiger partial charge in [0.25, 0.3) is 0 Å². The summed E-state index contributed by atoms with van der Waals surface area (Å²) in [6.07, 6.45) is 0. The van der Waals surface area contributed by atoms with E-state index >= 15 is 0 Å². The van der Waals surface area contributed by atoms with Crippen molar-refractivity contribution < 1.29 is 4.43 Å². The summed E-state index contributed by atoms with van der Waals surface area (Å²) in [4.78, 5) is 0. The second kappa shape index (κ2) is 4.91.